The van der Waals surface area contributed by atoms with Gasteiger partial charge in [0.15, 0.2) is 0 Å². The van der Waals surface area contributed by atoms with Crippen molar-refractivity contribution < 1.29 is 24.2 Å². The maximum atomic E-state index is 13.7. The summed E-state index contributed by atoms with van der Waals surface area (Å²) in [6.45, 7) is 10.7. The third-order valence-electron chi connectivity index (χ3n) is 6.91. The van der Waals surface area contributed by atoms with Crippen LogP contribution in [-0.2, 0) is 19.1 Å². The lowest BCUT2D eigenvalue weighted by Gasteiger charge is -2.35. The van der Waals surface area contributed by atoms with E-state index in [0.717, 1.165) is 12.8 Å². The molecule has 3 amide bonds. The van der Waals surface area contributed by atoms with Gasteiger partial charge in [0.2, 0.25) is 17.7 Å². The van der Waals surface area contributed by atoms with Gasteiger partial charge in [0, 0.05) is 25.2 Å². The zero-order chi connectivity index (χ0) is 23.0. The van der Waals surface area contributed by atoms with Crippen molar-refractivity contribution in [3.63, 3.8) is 0 Å². The lowest BCUT2D eigenvalue weighted by molar-refractivity contribution is -0.146. The molecule has 0 radical (unpaired) electrons. The molecule has 3 saturated heterocycles. The van der Waals surface area contributed by atoms with Crippen molar-refractivity contribution in [2.45, 2.75) is 95.9 Å². The van der Waals surface area contributed by atoms with Crippen LogP contribution in [0, 0.1) is 11.8 Å². The lowest BCUT2D eigenvalue weighted by Crippen LogP contribution is -2.58. The Bertz CT molecular complexity index is 720. The molecule has 0 aliphatic carbocycles. The fourth-order valence-electron chi connectivity index (χ4n) is 5.73. The molecule has 31 heavy (non-hydrogen) atoms. The molecule has 8 heteroatoms. The monoisotopic (exact) mass is 437 g/mol. The van der Waals surface area contributed by atoms with E-state index in [0.29, 0.717) is 38.8 Å². The molecule has 3 N–H and O–H groups in total. The van der Waals surface area contributed by atoms with Crippen molar-refractivity contribution in [3.05, 3.63) is 0 Å². The molecular formula is C23H39N3O5. The Balaban J connectivity index is 1.95. The number of carbonyl (C=O) groups excluding carboxylic acids is 3. The molecule has 0 saturated carbocycles. The van der Waals surface area contributed by atoms with Gasteiger partial charge in [-0.15, -0.1) is 0 Å². The number of nitrogens with zero attached hydrogens (tertiary/aromatic N) is 1. The highest BCUT2D eigenvalue weighted by atomic mass is 16.5. The minimum atomic E-state index is -0.966. The van der Waals surface area contributed by atoms with Gasteiger partial charge in [-0.05, 0) is 66.2 Å². The van der Waals surface area contributed by atoms with Crippen LogP contribution in [0.3, 0.4) is 0 Å². The Labute approximate surface area is 185 Å². The van der Waals surface area contributed by atoms with Crippen molar-refractivity contribution >= 4 is 17.7 Å². The van der Waals surface area contributed by atoms with Crippen LogP contribution in [0.1, 0.15) is 73.1 Å². The molecule has 0 aromatic rings. The summed E-state index contributed by atoms with van der Waals surface area (Å²) < 4.78 is 6.54. The SMILES string of the molecule is CCCNC(=O)[C@H]1[C@H]2C(=O)N(CCCCCO)C(C(=O)NC(C)(C)C)C23CC[C@]1(C)O3. The summed E-state index contributed by atoms with van der Waals surface area (Å²) in [5, 5.41) is 15.1. The van der Waals surface area contributed by atoms with Gasteiger partial charge in [0.25, 0.3) is 0 Å². The molecule has 3 aliphatic heterocycles. The second kappa shape index (κ2) is 8.70. The summed E-state index contributed by atoms with van der Waals surface area (Å²) in [4.78, 5) is 41.9. The Morgan fingerprint density at radius 2 is 1.90 bits per heavy atom. The summed E-state index contributed by atoms with van der Waals surface area (Å²) in [5.41, 5.74) is -2.15. The van der Waals surface area contributed by atoms with Crippen molar-refractivity contribution in [3.8, 4) is 0 Å². The van der Waals surface area contributed by atoms with Crippen molar-refractivity contribution in [2.75, 3.05) is 19.7 Å². The molecule has 0 aromatic carbocycles. The van der Waals surface area contributed by atoms with E-state index in [2.05, 4.69) is 10.6 Å². The minimum absolute atomic E-state index is 0.107. The summed E-state index contributed by atoms with van der Waals surface area (Å²) in [6, 6.07) is -0.746. The molecule has 2 unspecified atom stereocenters. The second-order valence-electron chi connectivity index (χ2n) is 10.6. The third-order valence-corrected chi connectivity index (χ3v) is 6.91. The van der Waals surface area contributed by atoms with Crippen LogP contribution in [0.2, 0.25) is 0 Å². The van der Waals surface area contributed by atoms with Crippen LogP contribution in [0.15, 0.2) is 0 Å². The number of hydrogen-bond acceptors (Lipinski definition) is 5. The number of carbonyl (C=O) groups is 3. The normalized spacial score (nSPS) is 34.2. The predicted octanol–water partition coefficient (Wildman–Crippen LogP) is 1.35. The van der Waals surface area contributed by atoms with Crippen LogP contribution in [0.4, 0.5) is 0 Å². The van der Waals surface area contributed by atoms with E-state index in [1.165, 1.54) is 0 Å². The zero-order valence-corrected chi connectivity index (χ0v) is 19.6. The van der Waals surface area contributed by atoms with E-state index >= 15 is 0 Å². The van der Waals surface area contributed by atoms with Gasteiger partial charge in [-0.2, -0.15) is 0 Å². The molecule has 8 nitrogen and oxygen atoms in total. The molecule has 0 aromatic heterocycles. The topological polar surface area (TPSA) is 108 Å². The fraction of sp³-hybridized carbons (Fsp3) is 0.870. The Morgan fingerprint density at radius 3 is 2.52 bits per heavy atom. The van der Waals surface area contributed by atoms with E-state index in [4.69, 9.17) is 9.84 Å². The summed E-state index contributed by atoms with van der Waals surface area (Å²) in [7, 11) is 0. The van der Waals surface area contributed by atoms with Crippen LogP contribution in [0.25, 0.3) is 0 Å². The fourth-order valence-corrected chi connectivity index (χ4v) is 5.73. The summed E-state index contributed by atoms with van der Waals surface area (Å²) in [5.74, 6) is -1.76. The Morgan fingerprint density at radius 1 is 1.19 bits per heavy atom. The van der Waals surface area contributed by atoms with Crippen molar-refractivity contribution in [1.82, 2.24) is 15.5 Å². The second-order valence-corrected chi connectivity index (χ2v) is 10.6. The van der Waals surface area contributed by atoms with E-state index in [1.54, 1.807) is 4.90 Å². The first-order valence-electron chi connectivity index (χ1n) is 11.7. The van der Waals surface area contributed by atoms with Crippen LogP contribution in [-0.4, -0.2) is 70.2 Å². The number of hydrogen-bond donors (Lipinski definition) is 3. The van der Waals surface area contributed by atoms with Crippen molar-refractivity contribution in [1.29, 1.82) is 0 Å². The molecule has 1 spiro atoms. The first-order chi connectivity index (χ1) is 14.5. The average molecular weight is 438 g/mol. The highest BCUT2D eigenvalue weighted by Crippen LogP contribution is 2.63. The molecule has 3 fully saturated rings. The van der Waals surface area contributed by atoms with Gasteiger partial charge in [-0.1, -0.05) is 6.92 Å². The molecule has 176 valence electrons. The Kier molecular flexibility index (Phi) is 6.73. The van der Waals surface area contributed by atoms with Gasteiger partial charge in [0.05, 0.1) is 17.4 Å². The highest BCUT2D eigenvalue weighted by Gasteiger charge is 2.77. The van der Waals surface area contributed by atoms with E-state index in [1.807, 2.05) is 34.6 Å². The quantitative estimate of drug-likeness (QED) is 0.472. The first-order valence-corrected chi connectivity index (χ1v) is 11.7. The van der Waals surface area contributed by atoms with Crippen LogP contribution < -0.4 is 10.6 Å². The maximum Gasteiger partial charge on any atom is 0.246 e. The smallest absolute Gasteiger partial charge is 0.246 e. The van der Waals surface area contributed by atoms with Gasteiger partial charge in [-0.3, -0.25) is 14.4 Å². The number of fused-ring (bicyclic) bond motifs is 1. The number of likely N-dealkylation sites (tertiary alicyclic amines) is 1. The highest BCUT2D eigenvalue weighted by molar-refractivity contribution is 5.99. The van der Waals surface area contributed by atoms with E-state index in [-0.39, 0.29) is 24.3 Å². The molecule has 3 aliphatic rings. The van der Waals surface area contributed by atoms with Gasteiger partial charge < -0.3 is 25.4 Å². The average Bonchev–Trinajstić information content (AvgIpc) is 3.23. The standard InChI is InChI=1S/C23H39N3O5/c1-6-12-24-18(28)15-16-20(30)26(13-8-7-9-14-27)17(19(29)25-21(2,3)4)23(16)11-10-22(15,5)31-23/h15-17,27H,6-14H2,1-5H3,(H,24,28)(H,25,29)/t15-,16+,17?,22+,23?/m1/s1. The number of ether oxygens (including phenoxy) is 1. The molecular weight excluding hydrogens is 398 g/mol. The first kappa shape index (κ1) is 24.0. The number of unbranched alkanes of at least 4 members (excludes halogenated alkanes) is 2. The number of nitrogens with one attached hydrogen (secondary N) is 2. The molecule has 2 bridgehead atoms. The lowest BCUT2D eigenvalue weighted by atomic mass is 9.66. The summed E-state index contributed by atoms with van der Waals surface area (Å²) in [6.07, 6.45) is 4.17. The predicted molar refractivity (Wildman–Crippen MR) is 116 cm³/mol. The Hall–Kier alpha value is -1.67. The van der Waals surface area contributed by atoms with Gasteiger partial charge in [-0.25, -0.2) is 0 Å². The largest absolute Gasteiger partial charge is 0.396 e. The van der Waals surface area contributed by atoms with Crippen molar-refractivity contribution in [2.24, 2.45) is 11.8 Å². The minimum Gasteiger partial charge on any atom is -0.396 e. The zero-order valence-electron chi connectivity index (χ0n) is 19.6. The van der Waals surface area contributed by atoms with E-state index < -0.39 is 34.6 Å². The number of aliphatic hydroxyl groups is 1. The number of amides is 3. The molecule has 3 rings (SSSR count). The van der Waals surface area contributed by atoms with E-state index in [9.17, 15) is 14.4 Å². The maximum absolute atomic E-state index is 13.7. The third kappa shape index (κ3) is 4.21. The van der Waals surface area contributed by atoms with Gasteiger partial charge >= 0.3 is 0 Å². The van der Waals surface area contributed by atoms with Crippen LogP contribution in [0.5, 0.6) is 0 Å². The number of aliphatic hydroxyl groups excluding tert-OH is 1. The number of rotatable bonds is 9. The van der Waals surface area contributed by atoms with Gasteiger partial charge in [0.1, 0.15) is 11.6 Å². The van der Waals surface area contributed by atoms with Crippen LogP contribution >= 0.6 is 0 Å². The summed E-state index contributed by atoms with van der Waals surface area (Å²) >= 11 is 0. The molecule has 5 atom stereocenters. The molecule has 3 heterocycles.